The predicted molar refractivity (Wildman–Crippen MR) is 183 cm³/mol. The zero-order valence-electron chi connectivity index (χ0n) is 26.4. The summed E-state index contributed by atoms with van der Waals surface area (Å²) in [4.78, 5) is 30.9. The topological polar surface area (TPSA) is 86.8 Å². The highest BCUT2D eigenvalue weighted by Gasteiger charge is 2.35. The Morgan fingerprint density at radius 2 is 1.44 bits per heavy atom. The van der Waals surface area contributed by atoms with Gasteiger partial charge in [-0.15, -0.1) is 11.8 Å². The number of nitrogens with zero attached hydrogens (tertiary/aromatic N) is 2. The molecule has 1 atom stereocenters. The summed E-state index contributed by atoms with van der Waals surface area (Å²) in [5.74, 6) is -0.781. The second-order valence-electron chi connectivity index (χ2n) is 11.3. The Morgan fingerprint density at radius 1 is 0.822 bits per heavy atom. The minimum atomic E-state index is -4.15. The van der Waals surface area contributed by atoms with Crippen molar-refractivity contribution in [3.63, 3.8) is 0 Å². The maximum absolute atomic E-state index is 14.5. The number of nitrogens with one attached hydrogen (secondary N) is 1. The molecule has 0 saturated carbocycles. The van der Waals surface area contributed by atoms with Crippen LogP contribution >= 0.6 is 11.8 Å². The summed E-state index contributed by atoms with van der Waals surface area (Å²) < 4.78 is 29.5. The van der Waals surface area contributed by atoms with Gasteiger partial charge in [0, 0.05) is 23.9 Å². The van der Waals surface area contributed by atoms with Crippen molar-refractivity contribution in [2.24, 2.45) is 0 Å². The summed E-state index contributed by atoms with van der Waals surface area (Å²) in [6.07, 6.45) is 2.19. The van der Waals surface area contributed by atoms with Crippen LogP contribution in [-0.2, 0) is 32.6 Å². The molecule has 236 valence electrons. The average molecular weight is 644 g/mol. The lowest BCUT2D eigenvalue weighted by atomic mass is 10.0. The van der Waals surface area contributed by atoms with Gasteiger partial charge in [0.2, 0.25) is 11.8 Å². The maximum Gasteiger partial charge on any atom is 0.264 e. The van der Waals surface area contributed by atoms with E-state index < -0.39 is 28.5 Å². The smallest absolute Gasteiger partial charge is 0.264 e. The van der Waals surface area contributed by atoms with Crippen LogP contribution in [-0.4, -0.2) is 50.0 Å². The number of benzene rings is 4. The number of hydrogen-bond donors (Lipinski definition) is 1. The Balaban J connectivity index is 1.81. The molecule has 9 heteroatoms. The fourth-order valence-electron chi connectivity index (χ4n) is 5.02. The molecule has 4 aromatic carbocycles. The second-order valence-corrected chi connectivity index (χ2v) is 14.1. The van der Waals surface area contributed by atoms with Gasteiger partial charge in [-0.25, -0.2) is 8.42 Å². The third-order valence-corrected chi connectivity index (χ3v) is 10.1. The van der Waals surface area contributed by atoms with Crippen LogP contribution in [0.3, 0.4) is 0 Å². The van der Waals surface area contributed by atoms with Crippen LogP contribution < -0.4 is 9.62 Å². The van der Waals surface area contributed by atoms with E-state index in [-0.39, 0.29) is 29.8 Å². The standard InChI is InChI=1S/C36H41N3O4S2/c1-26(2)37-36(41)34(23-29-12-7-6-8-13-29)38(24-30-14-10-9-11-28(30)4)35(40)25-39(31-17-15-27(3)16-18-31)45(42,43)33-21-19-32(44-5)20-22-33/h6-22,26,34H,23-25H2,1-5H3,(H,37,41)/t34-/m0/s1. The molecule has 0 spiro atoms. The van der Waals surface area contributed by atoms with Gasteiger partial charge < -0.3 is 10.2 Å². The Bertz CT molecular complexity index is 1690. The van der Waals surface area contributed by atoms with E-state index in [0.29, 0.717) is 5.69 Å². The SMILES string of the molecule is CSc1ccc(S(=O)(=O)N(CC(=O)N(Cc2ccccc2C)[C@@H](Cc2ccccc2)C(=O)NC(C)C)c2ccc(C)cc2)cc1. The molecule has 0 aliphatic carbocycles. The third-order valence-electron chi connectivity index (χ3n) is 7.55. The minimum Gasteiger partial charge on any atom is -0.352 e. The van der Waals surface area contributed by atoms with Gasteiger partial charge in [-0.3, -0.25) is 13.9 Å². The van der Waals surface area contributed by atoms with Gasteiger partial charge in [0.25, 0.3) is 10.0 Å². The molecule has 0 aliphatic heterocycles. The first-order valence-electron chi connectivity index (χ1n) is 14.9. The number of hydrogen-bond acceptors (Lipinski definition) is 5. The lowest BCUT2D eigenvalue weighted by Gasteiger charge is -2.34. The molecule has 0 heterocycles. The number of sulfonamides is 1. The summed E-state index contributed by atoms with van der Waals surface area (Å²) in [7, 11) is -4.15. The molecule has 0 fully saturated rings. The van der Waals surface area contributed by atoms with Gasteiger partial charge in [-0.1, -0.05) is 72.3 Å². The number of aryl methyl sites for hydroxylation is 2. The Kier molecular flexibility index (Phi) is 11.5. The van der Waals surface area contributed by atoms with Crippen LogP contribution in [0.2, 0.25) is 0 Å². The number of carbonyl (C=O) groups is 2. The molecule has 0 aliphatic rings. The monoisotopic (exact) mass is 643 g/mol. The van der Waals surface area contributed by atoms with E-state index in [1.807, 2.05) is 101 Å². The van der Waals surface area contributed by atoms with Gasteiger partial charge >= 0.3 is 0 Å². The van der Waals surface area contributed by atoms with Gasteiger partial charge in [0.15, 0.2) is 0 Å². The fourth-order valence-corrected chi connectivity index (χ4v) is 6.84. The van der Waals surface area contributed by atoms with E-state index in [4.69, 9.17) is 0 Å². The lowest BCUT2D eigenvalue weighted by molar-refractivity contribution is -0.140. The fraction of sp³-hybridized carbons (Fsp3) is 0.278. The molecule has 0 bridgehead atoms. The Morgan fingerprint density at radius 3 is 2.04 bits per heavy atom. The first-order chi connectivity index (χ1) is 21.5. The van der Waals surface area contributed by atoms with Crippen molar-refractivity contribution in [1.29, 1.82) is 0 Å². The van der Waals surface area contributed by atoms with E-state index in [0.717, 1.165) is 31.5 Å². The lowest BCUT2D eigenvalue weighted by Crippen LogP contribution is -2.54. The number of amides is 2. The van der Waals surface area contributed by atoms with Crippen molar-refractivity contribution >= 4 is 39.3 Å². The predicted octanol–water partition coefficient (Wildman–Crippen LogP) is 6.39. The first-order valence-corrected chi connectivity index (χ1v) is 17.6. The summed E-state index contributed by atoms with van der Waals surface area (Å²) >= 11 is 1.51. The second kappa shape index (κ2) is 15.3. The molecular weight excluding hydrogens is 603 g/mol. The van der Waals surface area contributed by atoms with Gasteiger partial charge in [-0.05, 0) is 87.0 Å². The van der Waals surface area contributed by atoms with E-state index in [2.05, 4.69) is 5.32 Å². The van der Waals surface area contributed by atoms with Crippen molar-refractivity contribution in [2.45, 2.75) is 62.5 Å². The van der Waals surface area contributed by atoms with Crippen molar-refractivity contribution in [2.75, 3.05) is 17.1 Å². The molecule has 0 unspecified atom stereocenters. The van der Waals surface area contributed by atoms with E-state index in [1.165, 1.54) is 16.7 Å². The molecule has 4 aromatic rings. The summed E-state index contributed by atoms with van der Waals surface area (Å²) in [6.45, 7) is 7.28. The van der Waals surface area contributed by atoms with Gasteiger partial charge in [0.05, 0.1) is 10.6 Å². The molecule has 2 amide bonds. The number of carbonyl (C=O) groups excluding carboxylic acids is 2. The molecule has 1 N–H and O–H groups in total. The largest absolute Gasteiger partial charge is 0.352 e. The molecule has 7 nitrogen and oxygen atoms in total. The van der Waals surface area contributed by atoms with Gasteiger partial charge in [-0.2, -0.15) is 0 Å². The van der Waals surface area contributed by atoms with Gasteiger partial charge in [0.1, 0.15) is 12.6 Å². The van der Waals surface area contributed by atoms with Crippen LogP contribution in [0.4, 0.5) is 5.69 Å². The van der Waals surface area contributed by atoms with E-state index in [9.17, 15) is 18.0 Å². The van der Waals surface area contributed by atoms with Crippen LogP contribution in [0.1, 0.15) is 36.1 Å². The highest BCUT2D eigenvalue weighted by atomic mass is 32.2. The molecule has 0 radical (unpaired) electrons. The molecule has 4 rings (SSSR count). The Labute approximate surface area is 271 Å². The summed E-state index contributed by atoms with van der Waals surface area (Å²) in [5, 5.41) is 2.99. The highest BCUT2D eigenvalue weighted by molar-refractivity contribution is 7.98. The van der Waals surface area contributed by atoms with Crippen LogP contribution in [0, 0.1) is 13.8 Å². The maximum atomic E-state index is 14.5. The average Bonchev–Trinajstić information content (AvgIpc) is 3.03. The zero-order valence-corrected chi connectivity index (χ0v) is 28.1. The Hall–Kier alpha value is -4.08. The number of rotatable bonds is 13. The minimum absolute atomic E-state index is 0.0810. The molecular formula is C36H41N3O4S2. The normalized spacial score (nSPS) is 12.0. The number of anilines is 1. The highest BCUT2D eigenvalue weighted by Crippen LogP contribution is 2.27. The van der Waals surface area contributed by atoms with Crippen molar-refractivity contribution in [3.8, 4) is 0 Å². The van der Waals surface area contributed by atoms with Crippen molar-refractivity contribution in [3.05, 3.63) is 125 Å². The number of thioether (sulfide) groups is 1. The first kappa shape index (κ1) is 33.8. The molecule has 0 aromatic heterocycles. The van der Waals surface area contributed by atoms with Crippen molar-refractivity contribution < 1.29 is 18.0 Å². The van der Waals surface area contributed by atoms with E-state index in [1.54, 1.807) is 36.4 Å². The summed E-state index contributed by atoms with van der Waals surface area (Å²) in [5.41, 5.74) is 4.06. The van der Waals surface area contributed by atoms with Crippen LogP contribution in [0.25, 0.3) is 0 Å². The third kappa shape index (κ3) is 8.77. The van der Waals surface area contributed by atoms with E-state index >= 15 is 0 Å². The van der Waals surface area contributed by atoms with Crippen molar-refractivity contribution in [1.82, 2.24) is 10.2 Å². The zero-order chi connectivity index (χ0) is 32.6. The summed E-state index contributed by atoms with van der Waals surface area (Å²) in [6, 6.07) is 29.9. The quantitative estimate of drug-likeness (QED) is 0.171. The molecule has 45 heavy (non-hydrogen) atoms. The van der Waals surface area contributed by atoms with Crippen LogP contribution in [0.15, 0.2) is 113 Å². The van der Waals surface area contributed by atoms with Crippen LogP contribution in [0.5, 0.6) is 0 Å². The molecule has 0 saturated heterocycles.